The number of amides is 1. The van der Waals surface area contributed by atoms with Crippen LogP contribution in [0.1, 0.15) is 5.56 Å². The van der Waals surface area contributed by atoms with E-state index in [1.165, 1.54) is 18.5 Å². The smallest absolute Gasteiger partial charge is 0.259 e. The van der Waals surface area contributed by atoms with E-state index >= 15 is 0 Å². The number of aromatic hydroxyl groups is 1. The number of rotatable bonds is 4. The average molecular weight is 500 g/mol. The number of fused-ring (bicyclic) bond motifs is 2. The Morgan fingerprint density at radius 1 is 1.16 bits per heavy atom. The number of phenolic OH excluding ortho intramolecular Hbond substituents is 1. The molecule has 2 unspecified atom stereocenters. The van der Waals surface area contributed by atoms with Crippen molar-refractivity contribution in [1.82, 2.24) is 24.8 Å². The predicted molar refractivity (Wildman–Crippen MR) is 137 cm³/mol. The molecule has 4 heterocycles. The molecule has 1 amide bonds. The summed E-state index contributed by atoms with van der Waals surface area (Å²) < 4.78 is 15.3. The maximum Gasteiger partial charge on any atom is 0.259 e. The molecule has 2 aliphatic heterocycles. The molecule has 0 radical (unpaired) electrons. The summed E-state index contributed by atoms with van der Waals surface area (Å²) in [5.74, 6) is -0.786. The van der Waals surface area contributed by atoms with Gasteiger partial charge in [0.2, 0.25) is 0 Å². The van der Waals surface area contributed by atoms with Gasteiger partial charge >= 0.3 is 0 Å². The number of amidine groups is 1. The van der Waals surface area contributed by atoms with Crippen molar-refractivity contribution in [2.75, 3.05) is 17.7 Å². The van der Waals surface area contributed by atoms with Gasteiger partial charge < -0.3 is 10.8 Å². The lowest BCUT2D eigenvalue weighted by Gasteiger charge is -2.35. The fourth-order valence-corrected chi connectivity index (χ4v) is 4.77. The number of carbonyl (C=O) groups is 1. The van der Waals surface area contributed by atoms with Gasteiger partial charge in [-0.25, -0.2) is 19.0 Å². The summed E-state index contributed by atoms with van der Waals surface area (Å²) in [5.41, 5.74) is 9.02. The maximum absolute atomic E-state index is 13.8. The number of aromatic nitrogens is 4. The van der Waals surface area contributed by atoms with Crippen LogP contribution in [-0.4, -0.2) is 67.0 Å². The van der Waals surface area contributed by atoms with Crippen molar-refractivity contribution in [1.29, 1.82) is 0 Å². The lowest BCUT2D eigenvalue weighted by Crippen LogP contribution is -2.56. The van der Waals surface area contributed by atoms with Gasteiger partial charge in [-0.2, -0.15) is 10.2 Å². The lowest BCUT2D eigenvalue weighted by atomic mass is 10.0. The van der Waals surface area contributed by atoms with E-state index in [0.29, 0.717) is 33.8 Å². The Morgan fingerprint density at radius 2 is 1.97 bits per heavy atom. The third-order valence-electron chi connectivity index (χ3n) is 6.58. The number of benzene rings is 2. The molecule has 12 heteroatoms. The van der Waals surface area contributed by atoms with Crippen molar-refractivity contribution in [3.05, 3.63) is 60.2 Å². The van der Waals surface area contributed by atoms with Gasteiger partial charge in [-0.1, -0.05) is 18.2 Å². The SMILES string of the molecule is Cc1ccccc1N1C(=O)C2C(C=NN2C)N=C1Cn1nc(-c2ccc(F)c(O)c2)c2c(N)ncnc21. The van der Waals surface area contributed by atoms with E-state index in [2.05, 4.69) is 15.1 Å². The molecule has 0 spiro atoms. The highest BCUT2D eigenvalue weighted by atomic mass is 19.1. The molecule has 0 saturated carbocycles. The highest BCUT2D eigenvalue weighted by Gasteiger charge is 2.44. The molecule has 0 saturated heterocycles. The molecule has 2 aromatic heterocycles. The number of para-hydroxylation sites is 1. The zero-order valence-corrected chi connectivity index (χ0v) is 19.9. The van der Waals surface area contributed by atoms with E-state index < -0.39 is 23.7 Å². The Balaban J connectivity index is 1.50. The van der Waals surface area contributed by atoms with Crippen molar-refractivity contribution in [3.63, 3.8) is 0 Å². The molecule has 6 rings (SSSR count). The van der Waals surface area contributed by atoms with Crippen LogP contribution in [-0.2, 0) is 11.3 Å². The van der Waals surface area contributed by atoms with Gasteiger partial charge in [0.1, 0.15) is 36.3 Å². The van der Waals surface area contributed by atoms with Gasteiger partial charge in [0, 0.05) is 12.6 Å². The van der Waals surface area contributed by atoms with Gasteiger partial charge in [-0.15, -0.1) is 0 Å². The molecule has 2 aromatic carbocycles. The van der Waals surface area contributed by atoms with E-state index in [9.17, 15) is 14.3 Å². The highest BCUT2D eigenvalue weighted by molar-refractivity contribution is 6.22. The summed E-state index contributed by atoms with van der Waals surface area (Å²) in [5, 5.41) is 21.0. The fourth-order valence-electron chi connectivity index (χ4n) is 4.77. The zero-order chi connectivity index (χ0) is 25.8. The van der Waals surface area contributed by atoms with Crippen LogP contribution >= 0.6 is 0 Å². The number of aliphatic imine (C=N–C) groups is 1. The van der Waals surface area contributed by atoms with E-state index in [-0.39, 0.29) is 18.3 Å². The second kappa shape index (κ2) is 8.36. The van der Waals surface area contributed by atoms with Gasteiger partial charge in [-0.05, 0) is 36.8 Å². The van der Waals surface area contributed by atoms with Crippen molar-refractivity contribution in [3.8, 4) is 17.0 Å². The zero-order valence-electron chi connectivity index (χ0n) is 19.9. The molecule has 186 valence electrons. The number of likely N-dealkylation sites (N-methyl/N-ethyl adjacent to an activating group) is 1. The van der Waals surface area contributed by atoms with E-state index in [4.69, 9.17) is 15.8 Å². The minimum Gasteiger partial charge on any atom is -0.505 e. The van der Waals surface area contributed by atoms with Crippen LogP contribution in [0.2, 0.25) is 0 Å². The first-order valence-corrected chi connectivity index (χ1v) is 11.5. The summed E-state index contributed by atoms with van der Waals surface area (Å²) in [7, 11) is 1.75. The van der Waals surface area contributed by atoms with E-state index in [0.717, 1.165) is 11.6 Å². The molecular weight excluding hydrogens is 477 g/mol. The van der Waals surface area contributed by atoms with Crippen molar-refractivity contribution in [2.24, 2.45) is 10.1 Å². The summed E-state index contributed by atoms with van der Waals surface area (Å²) >= 11 is 0. The molecule has 2 aliphatic rings. The molecule has 3 N–H and O–H groups in total. The first kappa shape index (κ1) is 22.6. The summed E-state index contributed by atoms with van der Waals surface area (Å²) in [6.45, 7) is 2.01. The normalized spacial score (nSPS) is 19.0. The number of nitrogens with two attached hydrogens (primary N) is 1. The molecule has 0 bridgehead atoms. The van der Waals surface area contributed by atoms with Gasteiger partial charge in [0.05, 0.1) is 17.3 Å². The third-order valence-corrected chi connectivity index (χ3v) is 6.58. The van der Waals surface area contributed by atoms with Gasteiger partial charge in [0.25, 0.3) is 5.91 Å². The number of nitrogen functional groups attached to an aromatic ring is 1. The van der Waals surface area contributed by atoms with Crippen LogP contribution < -0.4 is 10.6 Å². The number of hydrogen-bond acceptors (Lipinski definition) is 9. The molecule has 11 nitrogen and oxygen atoms in total. The number of anilines is 2. The summed E-state index contributed by atoms with van der Waals surface area (Å²) in [4.78, 5) is 28.7. The third kappa shape index (κ3) is 3.56. The molecule has 0 aliphatic carbocycles. The lowest BCUT2D eigenvalue weighted by molar-refractivity contribution is -0.122. The molecular formula is C25H22FN9O2. The minimum atomic E-state index is -0.751. The summed E-state index contributed by atoms with van der Waals surface area (Å²) in [6.07, 6.45) is 2.98. The second-order valence-electron chi connectivity index (χ2n) is 8.91. The standard InChI is InChI=1S/C25H22FN9O2/c1-13-5-3-4-6-17(13)35-19(31-16-10-30-33(2)22(16)25(35)37)11-34-24-20(23(27)28-12-29-24)21(32-34)14-7-8-15(26)18(36)9-14/h3-10,12,16,22,36H,11H2,1-2H3,(H2,27,28,29). The first-order chi connectivity index (χ1) is 17.8. The van der Waals surface area contributed by atoms with E-state index in [1.807, 2.05) is 31.2 Å². The second-order valence-corrected chi connectivity index (χ2v) is 8.91. The Labute approximate surface area is 210 Å². The monoisotopic (exact) mass is 499 g/mol. The van der Waals surface area contributed by atoms with Crippen LogP contribution in [0.15, 0.2) is 58.9 Å². The van der Waals surface area contributed by atoms with Crippen LogP contribution in [0.25, 0.3) is 22.3 Å². The summed E-state index contributed by atoms with van der Waals surface area (Å²) in [6, 6.07) is 10.5. The number of nitrogens with zero attached hydrogens (tertiary/aromatic N) is 8. The van der Waals surface area contributed by atoms with Crippen molar-refractivity contribution >= 4 is 40.5 Å². The Bertz CT molecular complexity index is 1630. The molecule has 0 fully saturated rings. The highest BCUT2D eigenvalue weighted by Crippen LogP contribution is 2.34. The van der Waals surface area contributed by atoms with Gasteiger partial charge in [-0.3, -0.25) is 19.7 Å². The quantitative estimate of drug-likeness (QED) is 0.440. The number of aryl methyl sites for hydroxylation is 1. The first-order valence-electron chi connectivity index (χ1n) is 11.5. The maximum atomic E-state index is 13.8. The van der Waals surface area contributed by atoms with E-state index in [1.54, 1.807) is 27.9 Å². The number of hydrazone groups is 1. The fraction of sp³-hybridized carbons (Fsp3) is 0.200. The Kier molecular flexibility index (Phi) is 5.10. The molecule has 4 aromatic rings. The predicted octanol–water partition coefficient (Wildman–Crippen LogP) is 2.34. The van der Waals surface area contributed by atoms with Crippen molar-refractivity contribution in [2.45, 2.75) is 25.6 Å². The largest absolute Gasteiger partial charge is 0.505 e. The molecule has 2 atom stereocenters. The van der Waals surface area contributed by atoms with Crippen LogP contribution in [0, 0.1) is 12.7 Å². The topological polar surface area (TPSA) is 138 Å². The average Bonchev–Trinajstić information content (AvgIpc) is 3.43. The number of hydrogen-bond donors (Lipinski definition) is 2. The van der Waals surface area contributed by atoms with Crippen molar-refractivity contribution < 1.29 is 14.3 Å². The van der Waals surface area contributed by atoms with Gasteiger partial charge in [0.15, 0.2) is 23.3 Å². The van der Waals surface area contributed by atoms with Crippen LogP contribution in [0.3, 0.4) is 0 Å². The number of carbonyl (C=O) groups excluding carboxylic acids is 1. The number of halogens is 1. The number of phenols is 1. The van der Waals surface area contributed by atoms with Crippen LogP contribution in [0.4, 0.5) is 15.9 Å². The Hall–Kier alpha value is -4.87. The van der Waals surface area contributed by atoms with Crippen LogP contribution in [0.5, 0.6) is 5.75 Å². The Morgan fingerprint density at radius 3 is 2.76 bits per heavy atom. The molecule has 37 heavy (non-hydrogen) atoms. The minimum absolute atomic E-state index is 0.0843.